The molecular weight excluding hydrogens is 482 g/mol. The molecule has 2 aliphatic rings. The van der Waals surface area contributed by atoms with Crippen molar-refractivity contribution in [3.63, 3.8) is 0 Å². The minimum atomic E-state index is -0.114. The van der Waals surface area contributed by atoms with Crippen molar-refractivity contribution in [2.24, 2.45) is 4.99 Å². The van der Waals surface area contributed by atoms with Gasteiger partial charge in [0.05, 0.1) is 17.8 Å². The Morgan fingerprint density at radius 1 is 1.00 bits per heavy atom. The number of hydrogen-bond acceptors (Lipinski definition) is 5. The molecule has 5 nitrogen and oxygen atoms in total. The highest BCUT2D eigenvalue weighted by Crippen LogP contribution is 2.40. The number of aromatic nitrogens is 1. The van der Waals surface area contributed by atoms with Gasteiger partial charge in [0.2, 0.25) is 0 Å². The smallest absolute Gasteiger partial charge is 0.143 e. The van der Waals surface area contributed by atoms with Gasteiger partial charge in [-0.05, 0) is 66.4 Å². The lowest BCUT2D eigenvalue weighted by Gasteiger charge is -2.17. The first-order valence-corrected chi connectivity index (χ1v) is 14.4. The average Bonchev–Trinajstić information content (AvgIpc) is 3.62. The number of aryl methyl sites for hydroxylation is 1. The quantitative estimate of drug-likeness (QED) is 0.279. The third kappa shape index (κ3) is 6.30. The van der Waals surface area contributed by atoms with Crippen LogP contribution in [0.4, 0.5) is 0 Å². The third-order valence-corrected chi connectivity index (χ3v) is 8.02. The number of aliphatic imine (C=N–C) groups is 1. The van der Waals surface area contributed by atoms with Gasteiger partial charge in [-0.1, -0.05) is 82.2 Å². The summed E-state index contributed by atoms with van der Waals surface area (Å²) in [6.07, 6.45) is 6.26. The number of Topliss-reactive ketones (excluding diaryl/α,β-unsaturated/α-hetero) is 1. The zero-order valence-corrected chi connectivity index (χ0v) is 24.1. The van der Waals surface area contributed by atoms with Crippen LogP contribution in [0.5, 0.6) is 0 Å². The van der Waals surface area contributed by atoms with E-state index in [1.165, 1.54) is 35.4 Å². The van der Waals surface area contributed by atoms with Gasteiger partial charge in [-0.2, -0.15) is 0 Å². The van der Waals surface area contributed by atoms with Crippen molar-refractivity contribution in [2.75, 3.05) is 19.6 Å². The van der Waals surface area contributed by atoms with Gasteiger partial charge in [-0.25, -0.2) is 0 Å². The van der Waals surface area contributed by atoms with Gasteiger partial charge in [0.1, 0.15) is 11.5 Å². The summed E-state index contributed by atoms with van der Waals surface area (Å²) >= 11 is 0. The molecule has 3 aromatic rings. The van der Waals surface area contributed by atoms with Crippen molar-refractivity contribution < 1.29 is 9.32 Å². The molecule has 0 fully saturated rings. The number of fused-ring (bicyclic) bond motifs is 3. The minimum Gasteiger partial charge on any atom is -0.361 e. The molecule has 5 heteroatoms. The Balaban J connectivity index is 1.18. The summed E-state index contributed by atoms with van der Waals surface area (Å²) in [6, 6.07) is 17.2. The topological polar surface area (TPSA) is 58.7 Å². The molecule has 5 rings (SSSR count). The Hall–Kier alpha value is -3.31. The number of rotatable bonds is 11. The van der Waals surface area contributed by atoms with Crippen LogP contribution in [0.25, 0.3) is 5.70 Å². The van der Waals surface area contributed by atoms with Crippen LogP contribution in [-0.2, 0) is 35.9 Å². The highest BCUT2D eigenvalue weighted by molar-refractivity contribution is 6.05. The highest BCUT2D eigenvalue weighted by Gasteiger charge is 2.31. The predicted molar refractivity (Wildman–Crippen MR) is 158 cm³/mol. The fourth-order valence-electron chi connectivity index (χ4n) is 5.64. The number of benzene rings is 2. The first-order valence-electron chi connectivity index (χ1n) is 14.4. The van der Waals surface area contributed by atoms with Crippen LogP contribution in [0.15, 0.2) is 64.1 Å². The molecule has 1 aliphatic heterocycles. The zero-order chi connectivity index (χ0) is 27.6. The monoisotopic (exact) mass is 523 g/mol. The summed E-state index contributed by atoms with van der Waals surface area (Å²) in [7, 11) is 0. The van der Waals surface area contributed by atoms with Gasteiger partial charge in [0.15, 0.2) is 0 Å². The Morgan fingerprint density at radius 2 is 1.74 bits per heavy atom. The van der Waals surface area contributed by atoms with Gasteiger partial charge >= 0.3 is 0 Å². The van der Waals surface area contributed by atoms with E-state index >= 15 is 0 Å². The largest absolute Gasteiger partial charge is 0.361 e. The Kier molecular flexibility index (Phi) is 7.99. The summed E-state index contributed by atoms with van der Waals surface area (Å²) in [4.78, 5) is 20.2. The fraction of sp³-hybridized carbons (Fsp3) is 0.441. The molecule has 2 aromatic carbocycles. The number of carbonyl (C=O) groups is 1. The van der Waals surface area contributed by atoms with Crippen LogP contribution in [0.2, 0.25) is 0 Å². The molecule has 204 valence electrons. The van der Waals surface area contributed by atoms with Crippen LogP contribution in [0, 0.1) is 0 Å². The molecule has 0 amide bonds. The molecule has 0 saturated heterocycles. The minimum absolute atomic E-state index is 0.114. The van der Waals surface area contributed by atoms with E-state index in [9.17, 15) is 4.79 Å². The lowest BCUT2D eigenvalue weighted by Crippen LogP contribution is -2.24. The molecule has 0 radical (unpaired) electrons. The standard InChI is InChI=1S/C34H41N3O2/c1-6-37(7-2)16-8-9-23-12-15-29-26(17-23)19-32-30(29)22-31(35-32)25-13-10-24(11-14-25)18-28(38)20-27-21-33(39-36-27)34(3,4)5/h10-15,17,21-22,30H,6-9,16,18-20H2,1-5H3. The maximum Gasteiger partial charge on any atom is 0.143 e. The van der Waals surface area contributed by atoms with Crippen molar-refractivity contribution in [1.82, 2.24) is 10.1 Å². The van der Waals surface area contributed by atoms with Crippen molar-refractivity contribution >= 4 is 17.2 Å². The second kappa shape index (κ2) is 11.4. The molecule has 1 aromatic heterocycles. The van der Waals surface area contributed by atoms with Crippen molar-refractivity contribution in [3.05, 3.63) is 93.9 Å². The first kappa shape index (κ1) is 27.3. The molecule has 2 heterocycles. The predicted octanol–water partition coefficient (Wildman–Crippen LogP) is 6.74. The second-order valence-corrected chi connectivity index (χ2v) is 12.0. The molecular formula is C34H41N3O2. The van der Waals surface area contributed by atoms with Gasteiger partial charge in [-0.3, -0.25) is 9.79 Å². The van der Waals surface area contributed by atoms with E-state index in [0.29, 0.717) is 24.5 Å². The number of carbonyl (C=O) groups excluding carboxylic acids is 1. The molecule has 0 N–H and O–H groups in total. The van der Waals surface area contributed by atoms with Crippen LogP contribution >= 0.6 is 0 Å². The SMILES string of the molecule is CCN(CC)CCCc1ccc2c(c1)CC1=NC(c3ccc(CC(=O)Cc4cc(C(C)(C)C)on4)cc3)=CC12. The Morgan fingerprint density at radius 3 is 2.44 bits per heavy atom. The van der Waals surface area contributed by atoms with Crippen LogP contribution in [0.1, 0.15) is 86.2 Å². The summed E-state index contributed by atoms with van der Waals surface area (Å²) in [6.45, 7) is 14.1. The highest BCUT2D eigenvalue weighted by atomic mass is 16.5. The van der Waals surface area contributed by atoms with E-state index in [1.807, 2.05) is 18.2 Å². The van der Waals surface area contributed by atoms with Crippen LogP contribution < -0.4 is 0 Å². The number of nitrogens with zero attached hydrogens (tertiary/aromatic N) is 3. The third-order valence-electron chi connectivity index (χ3n) is 8.02. The lowest BCUT2D eigenvalue weighted by molar-refractivity contribution is -0.117. The fourth-order valence-corrected chi connectivity index (χ4v) is 5.64. The van der Waals surface area contributed by atoms with E-state index in [4.69, 9.17) is 9.52 Å². The molecule has 0 spiro atoms. The van der Waals surface area contributed by atoms with E-state index in [2.05, 4.69) is 81.1 Å². The van der Waals surface area contributed by atoms with E-state index in [1.54, 1.807) is 0 Å². The molecule has 39 heavy (non-hydrogen) atoms. The summed E-state index contributed by atoms with van der Waals surface area (Å²) < 4.78 is 5.42. The average molecular weight is 524 g/mol. The van der Waals surface area contributed by atoms with Crippen molar-refractivity contribution in [1.29, 1.82) is 0 Å². The summed E-state index contributed by atoms with van der Waals surface area (Å²) in [5.41, 5.74) is 9.27. The molecule has 1 unspecified atom stereocenters. The number of hydrogen-bond donors (Lipinski definition) is 0. The van der Waals surface area contributed by atoms with E-state index < -0.39 is 0 Å². The molecule has 0 saturated carbocycles. The van der Waals surface area contributed by atoms with Gasteiger partial charge in [-0.15, -0.1) is 0 Å². The lowest BCUT2D eigenvalue weighted by atomic mass is 9.93. The Labute approximate surface area is 233 Å². The molecule has 1 aliphatic carbocycles. The van der Waals surface area contributed by atoms with Gasteiger partial charge < -0.3 is 9.42 Å². The summed E-state index contributed by atoms with van der Waals surface area (Å²) in [5.74, 6) is 1.23. The van der Waals surface area contributed by atoms with Crippen LogP contribution in [-0.4, -0.2) is 41.2 Å². The van der Waals surface area contributed by atoms with E-state index in [-0.39, 0.29) is 11.2 Å². The van der Waals surface area contributed by atoms with Gasteiger partial charge in [0.25, 0.3) is 0 Å². The zero-order valence-electron chi connectivity index (χ0n) is 24.1. The van der Waals surface area contributed by atoms with Crippen LogP contribution in [0.3, 0.4) is 0 Å². The maximum absolute atomic E-state index is 12.7. The Bertz CT molecular complexity index is 1380. The normalized spacial score (nSPS) is 16.3. The van der Waals surface area contributed by atoms with Crippen molar-refractivity contribution in [2.45, 2.75) is 78.1 Å². The second-order valence-electron chi connectivity index (χ2n) is 12.0. The molecule has 0 bridgehead atoms. The van der Waals surface area contributed by atoms with Gasteiger partial charge in [0, 0.05) is 36.0 Å². The number of allylic oxidation sites excluding steroid dienone is 1. The number of ketones is 1. The van der Waals surface area contributed by atoms with E-state index in [0.717, 1.165) is 48.5 Å². The molecule has 1 atom stereocenters. The maximum atomic E-state index is 12.7. The van der Waals surface area contributed by atoms with Crippen molar-refractivity contribution in [3.8, 4) is 0 Å². The summed E-state index contributed by atoms with van der Waals surface area (Å²) in [5, 5.41) is 4.09. The first-order chi connectivity index (χ1) is 18.7.